The number of nitrogens with zero attached hydrogens (tertiary/aromatic N) is 1. The van der Waals surface area contributed by atoms with Gasteiger partial charge in [-0.05, 0) is 55.9 Å². The number of Topliss-reactive ketones (excluding diaryl/α,β-unsaturated/α-hetero) is 1. The smallest absolute Gasteiger partial charge is 0.307 e. The van der Waals surface area contributed by atoms with Crippen molar-refractivity contribution >= 4 is 35.0 Å². The normalized spacial score (nSPS) is 22.3. The fraction of sp³-hybridized carbons (Fsp3) is 0.630. The average molecular weight is 485 g/mol. The second-order valence-electron chi connectivity index (χ2n) is 10.3. The van der Waals surface area contributed by atoms with E-state index in [0.717, 1.165) is 36.2 Å². The quantitative estimate of drug-likeness (QED) is 0.559. The van der Waals surface area contributed by atoms with Crippen molar-refractivity contribution in [3.05, 3.63) is 23.3 Å². The van der Waals surface area contributed by atoms with Gasteiger partial charge in [0, 0.05) is 30.3 Å². The van der Waals surface area contributed by atoms with E-state index < -0.39 is 17.4 Å². The lowest BCUT2D eigenvalue weighted by molar-refractivity contribution is -0.151. The van der Waals surface area contributed by atoms with Crippen molar-refractivity contribution in [1.29, 1.82) is 0 Å². The number of ether oxygens (including phenoxy) is 2. The summed E-state index contributed by atoms with van der Waals surface area (Å²) < 4.78 is 10.5. The van der Waals surface area contributed by atoms with Crippen LogP contribution in [0.2, 0.25) is 0 Å². The highest BCUT2D eigenvalue weighted by molar-refractivity contribution is 6.12. The summed E-state index contributed by atoms with van der Waals surface area (Å²) in [5.74, 6) is -0.895. The van der Waals surface area contributed by atoms with E-state index in [1.165, 1.54) is 0 Å². The van der Waals surface area contributed by atoms with Gasteiger partial charge < -0.3 is 19.7 Å². The van der Waals surface area contributed by atoms with Crippen LogP contribution in [0.5, 0.6) is 0 Å². The summed E-state index contributed by atoms with van der Waals surface area (Å²) >= 11 is 0. The third kappa shape index (κ3) is 4.55. The van der Waals surface area contributed by atoms with E-state index in [2.05, 4.69) is 5.32 Å². The minimum Gasteiger partial charge on any atom is -0.466 e. The van der Waals surface area contributed by atoms with Gasteiger partial charge in [0.1, 0.15) is 0 Å². The fourth-order valence-electron chi connectivity index (χ4n) is 5.89. The molecule has 2 unspecified atom stereocenters. The van der Waals surface area contributed by atoms with Crippen molar-refractivity contribution in [2.24, 2.45) is 5.92 Å². The minimum atomic E-state index is -1.41. The van der Waals surface area contributed by atoms with Crippen LogP contribution < -0.4 is 10.2 Å². The van der Waals surface area contributed by atoms with Crippen LogP contribution in [0.1, 0.15) is 83.3 Å². The van der Waals surface area contributed by atoms with E-state index in [1.54, 1.807) is 18.7 Å². The number of anilines is 2. The molecular formula is C27H36N2O6. The van der Waals surface area contributed by atoms with Crippen LogP contribution in [0, 0.1) is 5.92 Å². The lowest BCUT2D eigenvalue weighted by Gasteiger charge is -2.28. The topological polar surface area (TPSA) is 102 Å². The average Bonchev–Trinajstić information content (AvgIpc) is 3.16. The molecule has 0 bridgehead atoms. The molecule has 2 aliphatic heterocycles. The molecule has 190 valence electrons. The van der Waals surface area contributed by atoms with Gasteiger partial charge in [0.15, 0.2) is 5.78 Å². The monoisotopic (exact) mass is 484 g/mol. The first-order valence-corrected chi connectivity index (χ1v) is 12.8. The van der Waals surface area contributed by atoms with Crippen LogP contribution in [-0.2, 0) is 34.1 Å². The molecular weight excluding hydrogens is 448 g/mol. The Balaban J connectivity index is 1.86. The molecule has 8 nitrogen and oxygen atoms in total. The molecule has 1 amide bonds. The number of carbonyl (C=O) groups excluding carboxylic acids is 4. The number of rotatable bonds is 8. The van der Waals surface area contributed by atoms with Crippen LogP contribution in [0.4, 0.5) is 11.4 Å². The molecule has 4 rings (SSSR count). The van der Waals surface area contributed by atoms with Gasteiger partial charge in [0.2, 0.25) is 5.91 Å². The van der Waals surface area contributed by atoms with E-state index in [1.807, 2.05) is 26.0 Å². The highest BCUT2D eigenvalue weighted by Crippen LogP contribution is 2.52. The maximum absolute atomic E-state index is 14.1. The Morgan fingerprint density at radius 1 is 1.09 bits per heavy atom. The van der Waals surface area contributed by atoms with Crippen LogP contribution in [0.25, 0.3) is 0 Å². The lowest BCUT2D eigenvalue weighted by Crippen LogP contribution is -2.45. The number of nitrogens with one attached hydrogen (secondary N) is 1. The molecule has 1 aliphatic carbocycles. The Labute approximate surface area is 206 Å². The molecule has 1 aromatic carbocycles. The van der Waals surface area contributed by atoms with Crippen LogP contribution >= 0.6 is 0 Å². The number of hydrogen-bond donors (Lipinski definition) is 1. The summed E-state index contributed by atoms with van der Waals surface area (Å²) in [7, 11) is 0. The lowest BCUT2D eigenvalue weighted by atomic mass is 9.75. The molecule has 0 radical (unpaired) electrons. The number of amides is 1. The minimum absolute atomic E-state index is 0.0615. The third-order valence-electron chi connectivity index (χ3n) is 7.33. The van der Waals surface area contributed by atoms with Crippen LogP contribution in [0.3, 0.4) is 0 Å². The molecule has 1 aromatic rings. The highest BCUT2D eigenvalue weighted by atomic mass is 16.5. The third-order valence-corrected chi connectivity index (χ3v) is 7.33. The number of fused-ring (bicyclic) bond motifs is 4. The first kappa shape index (κ1) is 25.2. The molecule has 2 heterocycles. The number of carbonyl (C=O) groups is 4. The van der Waals surface area contributed by atoms with E-state index in [4.69, 9.17) is 9.47 Å². The SMILES string of the molecule is CCOC(=O)CC1(CC(=O)OCC)C(=O)N(CC(C)C)c2cc3c(cc21)NC1C(=O)CCCCC31. The van der Waals surface area contributed by atoms with Gasteiger partial charge in [0.25, 0.3) is 0 Å². The van der Waals surface area contributed by atoms with E-state index in [-0.39, 0.29) is 55.6 Å². The maximum atomic E-state index is 14.1. The standard InChI is InChI=1S/C27H36N2O6/c1-5-34-23(31)13-27(14-24(32)35-6-2)19-12-20-18(11-21(19)29(26(27)33)15-16(3)4)17-9-7-8-10-22(30)25(17)28-20/h11-12,16-17,25,28H,5-10,13-15H2,1-4H3. The Morgan fingerprint density at radius 3 is 2.34 bits per heavy atom. The summed E-state index contributed by atoms with van der Waals surface area (Å²) in [5, 5.41) is 3.41. The van der Waals surface area contributed by atoms with E-state index >= 15 is 0 Å². The second-order valence-corrected chi connectivity index (χ2v) is 10.3. The zero-order valence-electron chi connectivity index (χ0n) is 21.1. The van der Waals surface area contributed by atoms with Crippen molar-refractivity contribution in [3.8, 4) is 0 Å². The molecule has 8 heteroatoms. The molecule has 1 saturated carbocycles. The predicted molar refractivity (Wildman–Crippen MR) is 131 cm³/mol. The van der Waals surface area contributed by atoms with Gasteiger partial charge in [0.05, 0.1) is 37.5 Å². The Bertz CT molecular complexity index is 1010. The van der Waals surface area contributed by atoms with Gasteiger partial charge in [-0.25, -0.2) is 0 Å². The van der Waals surface area contributed by atoms with Gasteiger partial charge in [-0.1, -0.05) is 20.3 Å². The number of esters is 2. The predicted octanol–water partition coefficient (Wildman–Crippen LogP) is 3.85. The fourth-order valence-corrected chi connectivity index (χ4v) is 5.89. The van der Waals surface area contributed by atoms with Gasteiger partial charge >= 0.3 is 11.9 Å². The van der Waals surface area contributed by atoms with Crippen molar-refractivity contribution in [3.63, 3.8) is 0 Å². The zero-order chi connectivity index (χ0) is 25.3. The summed E-state index contributed by atoms with van der Waals surface area (Å²) in [5.41, 5.74) is 1.78. The number of hydrogen-bond acceptors (Lipinski definition) is 7. The molecule has 2 atom stereocenters. The molecule has 35 heavy (non-hydrogen) atoms. The number of ketones is 1. The summed E-state index contributed by atoms with van der Waals surface area (Å²) in [4.78, 5) is 54.0. The second kappa shape index (κ2) is 9.99. The molecule has 1 fully saturated rings. The molecule has 0 saturated heterocycles. The molecule has 3 aliphatic rings. The van der Waals surface area contributed by atoms with E-state index in [0.29, 0.717) is 18.5 Å². The first-order valence-electron chi connectivity index (χ1n) is 12.8. The molecule has 1 N–H and O–H groups in total. The van der Waals surface area contributed by atoms with Gasteiger partial charge in [-0.15, -0.1) is 0 Å². The van der Waals surface area contributed by atoms with Crippen LogP contribution in [-0.4, -0.2) is 49.4 Å². The van der Waals surface area contributed by atoms with Crippen LogP contribution in [0.15, 0.2) is 12.1 Å². The Morgan fingerprint density at radius 2 is 1.74 bits per heavy atom. The van der Waals surface area contributed by atoms with Crippen molar-refractivity contribution < 1.29 is 28.7 Å². The first-order chi connectivity index (χ1) is 16.7. The maximum Gasteiger partial charge on any atom is 0.307 e. The van der Waals surface area contributed by atoms with E-state index in [9.17, 15) is 19.2 Å². The Hall–Kier alpha value is -2.90. The highest BCUT2D eigenvalue weighted by Gasteiger charge is 2.55. The van der Waals surface area contributed by atoms with Crippen molar-refractivity contribution in [2.75, 3.05) is 30.0 Å². The zero-order valence-corrected chi connectivity index (χ0v) is 21.1. The Kier molecular flexibility index (Phi) is 7.20. The summed E-state index contributed by atoms with van der Waals surface area (Å²) in [6, 6.07) is 3.64. The summed E-state index contributed by atoms with van der Waals surface area (Å²) in [6.45, 7) is 8.30. The molecule has 0 spiro atoms. The largest absolute Gasteiger partial charge is 0.466 e. The number of benzene rings is 1. The summed E-state index contributed by atoms with van der Waals surface area (Å²) in [6.07, 6.45) is 2.86. The molecule has 0 aromatic heterocycles. The van der Waals surface area contributed by atoms with Crippen molar-refractivity contribution in [2.45, 2.75) is 83.6 Å². The van der Waals surface area contributed by atoms with Gasteiger partial charge in [-0.3, -0.25) is 19.2 Å². The van der Waals surface area contributed by atoms with Gasteiger partial charge in [-0.2, -0.15) is 0 Å². The van der Waals surface area contributed by atoms with Crippen molar-refractivity contribution in [1.82, 2.24) is 0 Å².